The van der Waals surface area contributed by atoms with Gasteiger partial charge < -0.3 is 14.3 Å². The molecule has 5 aromatic rings. The van der Waals surface area contributed by atoms with E-state index in [-0.39, 0.29) is 16.5 Å². The highest BCUT2D eigenvalue weighted by molar-refractivity contribution is 7.22. The van der Waals surface area contributed by atoms with Crippen LogP contribution in [0.2, 0.25) is 0 Å². The van der Waals surface area contributed by atoms with Crippen molar-refractivity contribution >= 4 is 49.3 Å². The first-order valence-electron chi connectivity index (χ1n) is 11.5. The molecular weight excluding hydrogens is 495 g/mol. The van der Waals surface area contributed by atoms with E-state index in [1.54, 1.807) is 48.5 Å². The van der Waals surface area contributed by atoms with Gasteiger partial charge in [-0.1, -0.05) is 41.7 Å². The molecule has 0 bridgehead atoms. The van der Waals surface area contributed by atoms with Crippen molar-refractivity contribution in [3.63, 3.8) is 0 Å². The van der Waals surface area contributed by atoms with Crippen molar-refractivity contribution in [2.24, 2.45) is 0 Å². The number of thiazole rings is 1. The molecule has 0 fully saturated rings. The minimum atomic E-state index is -0.991. The number of aliphatic hydroxyl groups excluding tert-OH is 1. The number of rotatable bonds is 6. The highest BCUT2D eigenvalue weighted by Crippen LogP contribution is 2.44. The maximum absolute atomic E-state index is 13.8. The first-order chi connectivity index (χ1) is 17.9. The van der Waals surface area contributed by atoms with E-state index in [2.05, 4.69) is 4.98 Å². The number of ether oxygens (including phenoxy) is 1. The lowest BCUT2D eigenvalue weighted by Crippen LogP contribution is -2.30. The van der Waals surface area contributed by atoms with Gasteiger partial charge in [-0.25, -0.2) is 9.37 Å². The fourth-order valence-electron chi connectivity index (χ4n) is 4.48. The molecule has 0 aliphatic carbocycles. The van der Waals surface area contributed by atoms with Gasteiger partial charge in [-0.15, -0.1) is 0 Å². The largest absolute Gasteiger partial charge is 0.503 e. The van der Waals surface area contributed by atoms with Crippen LogP contribution in [0, 0.1) is 5.82 Å². The molecular formula is C28H19FN2O5S. The zero-order chi connectivity index (χ0) is 25.7. The number of hydrogen-bond acceptors (Lipinski definition) is 7. The molecule has 1 aliphatic heterocycles. The van der Waals surface area contributed by atoms with Crippen molar-refractivity contribution in [3.05, 3.63) is 101 Å². The Morgan fingerprint density at radius 1 is 1.14 bits per heavy atom. The number of aliphatic hydroxyl groups is 1. The van der Waals surface area contributed by atoms with Gasteiger partial charge in [-0.3, -0.25) is 14.5 Å². The van der Waals surface area contributed by atoms with Gasteiger partial charge in [0, 0.05) is 5.39 Å². The summed E-state index contributed by atoms with van der Waals surface area (Å²) in [6.45, 7) is 2.35. The van der Waals surface area contributed by atoms with Crippen LogP contribution in [0.15, 0.2) is 88.5 Å². The maximum Gasteiger partial charge on any atom is 0.296 e. The molecule has 1 amide bonds. The van der Waals surface area contributed by atoms with Gasteiger partial charge in [0.1, 0.15) is 17.1 Å². The van der Waals surface area contributed by atoms with Crippen molar-refractivity contribution in [3.8, 4) is 5.75 Å². The third-order valence-electron chi connectivity index (χ3n) is 6.15. The Bertz CT molecular complexity index is 1690. The third-order valence-corrected chi connectivity index (χ3v) is 7.17. The summed E-state index contributed by atoms with van der Waals surface area (Å²) in [5, 5.41) is 11.9. The Morgan fingerprint density at radius 3 is 2.68 bits per heavy atom. The number of Topliss-reactive ketones (excluding diaryl/α,β-unsaturated/α-hetero) is 1. The number of halogens is 1. The van der Waals surface area contributed by atoms with Crippen molar-refractivity contribution < 1.29 is 28.2 Å². The lowest BCUT2D eigenvalue weighted by molar-refractivity contribution is -0.117. The van der Waals surface area contributed by atoms with Crippen molar-refractivity contribution in [2.45, 2.75) is 13.0 Å². The first-order valence-corrected chi connectivity index (χ1v) is 12.3. The molecule has 2 aromatic heterocycles. The Balaban J connectivity index is 1.49. The fourth-order valence-corrected chi connectivity index (χ4v) is 5.50. The number of amides is 1. The molecule has 1 atom stereocenters. The molecule has 0 radical (unpaired) electrons. The fraction of sp³-hybridized carbons (Fsp3) is 0.107. The number of nitrogens with zero attached hydrogens (tertiary/aromatic N) is 2. The van der Waals surface area contributed by atoms with Gasteiger partial charge in [0.05, 0.1) is 28.4 Å². The molecule has 6 rings (SSSR count). The van der Waals surface area contributed by atoms with E-state index in [4.69, 9.17) is 9.15 Å². The van der Waals surface area contributed by atoms with E-state index in [1.165, 1.54) is 23.1 Å². The van der Waals surface area contributed by atoms with E-state index < -0.39 is 29.3 Å². The molecule has 0 spiro atoms. The van der Waals surface area contributed by atoms with Crippen LogP contribution in [0.4, 0.5) is 9.52 Å². The number of furan rings is 1. The second kappa shape index (κ2) is 8.86. The molecule has 1 N–H and O–H groups in total. The summed E-state index contributed by atoms with van der Waals surface area (Å²) in [6.07, 6.45) is 0. The number of ketones is 1. The van der Waals surface area contributed by atoms with E-state index in [1.807, 2.05) is 13.0 Å². The van der Waals surface area contributed by atoms with Crippen LogP contribution in [0.5, 0.6) is 5.75 Å². The molecule has 0 saturated heterocycles. The summed E-state index contributed by atoms with van der Waals surface area (Å²) >= 11 is 1.09. The smallest absolute Gasteiger partial charge is 0.296 e. The average Bonchev–Trinajstić information content (AvgIpc) is 3.58. The second-order valence-corrected chi connectivity index (χ2v) is 9.44. The molecule has 9 heteroatoms. The van der Waals surface area contributed by atoms with Gasteiger partial charge in [-0.2, -0.15) is 0 Å². The van der Waals surface area contributed by atoms with Crippen LogP contribution < -0.4 is 9.64 Å². The van der Waals surface area contributed by atoms with Gasteiger partial charge in [0.15, 0.2) is 16.7 Å². The standard InChI is InChI=1S/C28H19FN2O5S/c1-2-35-18-10-7-15(8-11-18)24-23(25(32)21-13-16-5-3-4-6-20(16)36-21)26(33)27(34)31(24)28-30-19-12-9-17(29)14-22(19)37-28/h3-14,24,33H,2H2,1H3. The maximum atomic E-state index is 13.8. The lowest BCUT2D eigenvalue weighted by atomic mass is 9.95. The number of anilines is 1. The van der Waals surface area contributed by atoms with Crippen LogP contribution >= 0.6 is 11.3 Å². The normalized spacial score (nSPS) is 15.8. The van der Waals surface area contributed by atoms with Crippen molar-refractivity contribution in [2.75, 3.05) is 11.5 Å². The average molecular weight is 515 g/mol. The minimum Gasteiger partial charge on any atom is -0.503 e. The third kappa shape index (κ3) is 3.84. The van der Waals surface area contributed by atoms with Gasteiger partial charge >= 0.3 is 0 Å². The number of hydrogen-bond donors (Lipinski definition) is 1. The van der Waals surface area contributed by atoms with Gasteiger partial charge in [0.25, 0.3) is 5.91 Å². The molecule has 37 heavy (non-hydrogen) atoms. The highest BCUT2D eigenvalue weighted by atomic mass is 32.1. The SMILES string of the molecule is CCOc1ccc(C2C(C(=O)c3cc4ccccc4o3)=C(O)C(=O)N2c2nc3ccc(F)cc3s2)cc1. The summed E-state index contributed by atoms with van der Waals surface area (Å²) in [5.41, 5.74) is 1.44. The monoisotopic (exact) mass is 514 g/mol. The lowest BCUT2D eigenvalue weighted by Gasteiger charge is -2.24. The van der Waals surface area contributed by atoms with Gasteiger partial charge in [-0.05, 0) is 55.0 Å². The number of carbonyl (C=O) groups excluding carboxylic acids is 2. The Hall–Kier alpha value is -4.50. The number of para-hydroxylation sites is 1. The van der Waals surface area contributed by atoms with Crippen molar-refractivity contribution in [1.82, 2.24) is 4.98 Å². The van der Waals surface area contributed by atoms with Crippen LogP contribution in [-0.4, -0.2) is 28.4 Å². The van der Waals surface area contributed by atoms with Crippen LogP contribution in [0.25, 0.3) is 21.2 Å². The first kappa shape index (κ1) is 22.9. The van der Waals surface area contributed by atoms with E-state index in [0.717, 1.165) is 16.7 Å². The number of benzene rings is 3. The Morgan fingerprint density at radius 2 is 1.92 bits per heavy atom. The highest BCUT2D eigenvalue weighted by Gasteiger charge is 2.46. The number of carbonyl (C=O) groups is 2. The number of aromatic nitrogens is 1. The summed E-state index contributed by atoms with van der Waals surface area (Å²) in [5.74, 6) is -1.89. The summed E-state index contributed by atoms with van der Waals surface area (Å²) in [6, 6.07) is 18.8. The predicted octanol–water partition coefficient (Wildman–Crippen LogP) is 6.36. The minimum absolute atomic E-state index is 0.000271. The van der Waals surface area contributed by atoms with Crippen LogP contribution in [0.3, 0.4) is 0 Å². The van der Waals surface area contributed by atoms with Crippen LogP contribution in [-0.2, 0) is 4.79 Å². The molecule has 184 valence electrons. The zero-order valence-electron chi connectivity index (χ0n) is 19.5. The molecule has 3 heterocycles. The molecule has 0 saturated carbocycles. The Labute approximate surface area is 214 Å². The molecule has 7 nitrogen and oxygen atoms in total. The van der Waals surface area contributed by atoms with E-state index >= 15 is 0 Å². The number of fused-ring (bicyclic) bond motifs is 2. The summed E-state index contributed by atoms with van der Waals surface area (Å²) in [7, 11) is 0. The quantitative estimate of drug-likeness (QED) is 0.265. The van der Waals surface area contributed by atoms with Crippen LogP contribution in [0.1, 0.15) is 29.1 Å². The summed E-state index contributed by atoms with van der Waals surface area (Å²) < 4.78 is 25.7. The summed E-state index contributed by atoms with van der Waals surface area (Å²) in [4.78, 5) is 32.9. The molecule has 1 unspecified atom stereocenters. The van der Waals surface area contributed by atoms with Gasteiger partial charge in [0.2, 0.25) is 5.78 Å². The topological polar surface area (TPSA) is 92.9 Å². The predicted molar refractivity (Wildman–Crippen MR) is 138 cm³/mol. The molecule has 3 aromatic carbocycles. The molecule has 1 aliphatic rings. The zero-order valence-corrected chi connectivity index (χ0v) is 20.3. The van der Waals surface area contributed by atoms with E-state index in [9.17, 15) is 19.1 Å². The van der Waals surface area contributed by atoms with Crippen molar-refractivity contribution in [1.29, 1.82) is 0 Å². The second-order valence-electron chi connectivity index (χ2n) is 8.43. The van der Waals surface area contributed by atoms with E-state index in [0.29, 0.717) is 33.7 Å². The Kier molecular flexibility index (Phi) is 5.49.